The van der Waals surface area contributed by atoms with Crippen molar-refractivity contribution in [2.75, 3.05) is 0 Å². The van der Waals surface area contributed by atoms with Crippen molar-refractivity contribution in [3.8, 4) is 6.07 Å². The van der Waals surface area contributed by atoms with Crippen LogP contribution in [-0.4, -0.2) is 21.6 Å². The zero-order chi connectivity index (χ0) is 14.8. The van der Waals surface area contributed by atoms with Crippen molar-refractivity contribution in [3.63, 3.8) is 0 Å². The first-order valence-corrected chi connectivity index (χ1v) is 6.19. The van der Waals surface area contributed by atoms with Crippen LogP contribution in [0.1, 0.15) is 15.9 Å². The van der Waals surface area contributed by atoms with Crippen LogP contribution in [-0.2, 0) is 0 Å². The molecule has 1 aliphatic rings. The summed E-state index contributed by atoms with van der Waals surface area (Å²) < 4.78 is 0. The van der Waals surface area contributed by atoms with Crippen LogP contribution in [0.15, 0.2) is 59.4 Å². The van der Waals surface area contributed by atoms with E-state index in [-0.39, 0.29) is 17.0 Å². The van der Waals surface area contributed by atoms with Gasteiger partial charge in [0.2, 0.25) is 0 Å². The van der Waals surface area contributed by atoms with E-state index in [1.165, 1.54) is 6.20 Å². The number of benzene rings is 1. The largest absolute Gasteiger partial charge is 0.506 e. The van der Waals surface area contributed by atoms with Crippen LogP contribution in [0, 0.1) is 11.3 Å². The maximum absolute atomic E-state index is 12.3. The number of Topliss-reactive ketones (excluding diaryl/α,β-unsaturated/α-hetero) is 1. The number of pyridine rings is 1. The lowest BCUT2D eigenvalue weighted by Gasteiger charge is -1.99. The van der Waals surface area contributed by atoms with Crippen LogP contribution < -0.4 is 0 Å². The zero-order valence-corrected chi connectivity index (χ0v) is 10.8. The summed E-state index contributed by atoms with van der Waals surface area (Å²) in [6, 6.07) is 11.9. The molecule has 0 atom stereocenters. The summed E-state index contributed by atoms with van der Waals surface area (Å²) >= 11 is 0. The fraction of sp³-hybridized carbons (Fsp3) is 0. The van der Waals surface area contributed by atoms with Crippen LogP contribution in [0.25, 0.3) is 5.76 Å². The number of nitrogens with zero attached hydrogens (tertiary/aromatic N) is 3. The Balaban J connectivity index is 2.12. The number of carbonyl (C=O) groups excluding carboxylic acids is 1. The van der Waals surface area contributed by atoms with Gasteiger partial charge in [-0.2, -0.15) is 5.26 Å². The van der Waals surface area contributed by atoms with E-state index in [0.717, 1.165) is 0 Å². The Morgan fingerprint density at radius 2 is 1.95 bits per heavy atom. The van der Waals surface area contributed by atoms with E-state index >= 15 is 0 Å². The number of carbonyl (C=O) groups is 1. The summed E-state index contributed by atoms with van der Waals surface area (Å²) in [5.74, 6) is -0.605. The number of fused-ring (bicyclic) bond motifs is 1. The number of aromatic nitrogens is 1. The highest BCUT2D eigenvalue weighted by Crippen LogP contribution is 2.32. The minimum Gasteiger partial charge on any atom is -0.506 e. The van der Waals surface area contributed by atoms with E-state index in [1.54, 1.807) is 42.6 Å². The van der Waals surface area contributed by atoms with E-state index in [9.17, 15) is 15.2 Å². The molecule has 0 unspecified atom stereocenters. The van der Waals surface area contributed by atoms with Crippen molar-refractivity contribution in [1.29, 1.82) is 5.26 Å². The Morgan fingerprint density at radius 1 is 1.19 bits per heavy atom. The fourth-order valence-corrected chi connectivity index (χ4v) is 2.17. The monoisotopic (exact) mass is 275 g/mol. The molecule has 2 aromatic rings. The number of rotatable bonds is 2. The highest BCUT2D eigenvalue weighted by molar-refractivity contribution is 6.39. The van der Waals surface area contributed by atoms with Crippen molar-refractivity contribution < 1.29 is 9.90 Å². The number of aliphatic imine (C=N–C) groups is 1. The highest BCUT2D eigenvalue weighted by atomic mass is 16.3. The average molecular weight is 275 g/mol. The van der Waals surface area contributed by atoms with Gasteiger partial charge >= 0.3 is 0 Å². The molecule has 1 aromatic heterocycles. The molecule has 3 rings (SSSR count). The van der Waals surface area contributed by atoms with Crippen LogP contribution in [0.4, 0.5) is 5.69 Å². The molecule has 1 aromatic carbocycles. The minimum atomic E-state index is -0.396. The van der Waals surface area contributed by atoms with Gasteiger partial charge in [0, 0.05) is 17.3 Å². The first-order chi connectivity index (χ1) is 10.2. The number of nitriles is 1. The van der Waals surface area contributed by atoms with Gasteiger partial charge in [0.05, 0.1) is 11.9 Å². The summed E-state index contributed by atoms with van der Waals surface area (Å²) in [4.78, 5) is 20.3. The van der Waals surface area contributed by atoms with E-state index in [0.29, 0.717) is 16.8 Å². The lowest BCUT2D eigenvalue weighted by molar-refractivity contribution is 0.104. The molecule has 0 spiro atoms. The molecule has 1 heterocycles. The fourth-order valence-electron chi connectivity index (χ4n) is 2.17. The van der Waals surface area contributed by atoms with Crippen LogP contribution in [0.5, 0.6) is 0 Å². The Kier molecular flexibility index (Phi) is 3.05. The molecular weight excluding hydrogens is 266 g/mol. The van der Waals surface area contributed by atoms with Crippen molar-refractivity contribution >= 4 is 22.9 Å². The highest BCUT2D eigenvalue weighted by Gasteiger charge is 2.32. The molecule has 1 N–H and O–H groups in total. The van der Waals surface area contributed by atoms with Gasteiger partial charge < -0.3 is 5.11 Å². The van der Waals surface area contributed by atoms with Gasteiger partial charge in [-0.05, 0) is 12.1 Å². The Labute approximate surface area is 120 Å². The molecule has 0 amide bonds. The molecule has 0 fully saturated rings. The molecule has 5 nitrogen and oxygen atoms in total. The molecule has 21 heavy (non-hydrogen) atoms. The third kappa shape index (κ3) is 2.09. The van der Waals surface area contributed by atoms with Gasteiger partial charge in [-0.1, -0.05) is 24.3 Å². The quantitative estimate of drug-likeness (QED) is 0.854. The van der Waals surface area contributed by atoms with Crippen molar-refractivity contribution in [2.45, 2.75) is 0 Å². The minimum absolute atomic E-state index is 0.0671. The number of aliphatic hydroxyl groups is 1. The maximum Gasteiger partial charge on any atom is 0.200 e. The molecule has 100 valence electrons. The van der Waals surface area contributed by atoms with Crippen molar-refractivity contribution in [3.05, 3.63) is 65.5 Å². The van der Waals surface area contributed by atoms with Gasteiger partial charge in [-0.3, -0.25) is 9.78 Å². The molecular formula is C16H9N3O2. The lowest BCUT2D eigenvalue weighted by Crippen LogP contribution is -2.08. The maximum atomic E-state index is 12.3. The summed E-state index contributed by atoms with van der Waals surface area (Å²) in [6.07, 6.45) is 3.06. The van der Waals surface area contributed by atoms with Gasteiger partial charge in [0.15, 0.2) is 11.5 Å². The van der Waals surface area contributed by atoms with Crippen LogP contribution in [0.2, 0.25) is 0 Å². The number of ketones is 1. The zero-order valence-electron chi connectivity index (χ0n) is 10.8. The summed E-state index contributed by atoms with van der Waals surface area (Å²) in [5.41, 5.74) is 1.05. The van der Waals surface area contributed by atoms with E-state index in [2.05, 4.69) is 9.98 Å². The average Bonchev–Trinajstić information content (AvgIpc) is 2.78. The molecule has 5 heteroatoms. The first-order valence-electron chi connectivity index (χ1n) is 6.19. The lowest BCUT2D eigenvalue weighted by atomic mass is 10.1. The standard InChI is InChI=1S/C16H9N3O2/c17-8-13(19-10-4-3-7-18-9-10)14-15(20)11-5-1-2-6-12(11)16(14)21/h1-7,9,20H. The number of allylic oxidation sites excluding steroid dienone is 1. The SMILES string of the molecule is N#CC(=Nc1cccnc1)C1=C(O)c2ccccc2C1=O. The predicted molar refractivity (Wildman–Crippen MR) is 77.3 cm³/mol. The molecule has 0 radical (unpaired) electrons. The van der Waals surface area contributed by atoms with Gasteiger partial charge in [-0.15, -0.1) is 0 Å². The normalized spacial score (nSPS) is 14.0. The second-order valence-electron chi connectivity index (χ2n) is 4.38. The summed E-state index contributed by atoms with van der Waals surface area (Å²) in [5, 5.41) is 19.5. The first kappa shape index (κ1) is 12.8. The summed E-state index contributed by atoms with van der Waals surface area (Å²) in [7, 11) is 0. The predicted octanol–water partition coefficient (Wildman–Crippen LogP) is 2.84. The Hall–Kier alpha value is -3.26. The Bertz CT molecular complexity index is 830. The van der Waals surface area contributed by atoms with Crippen molar-refractivity contribution in [2.24, 2.45) is 4.99 Å². The van der Waals surface area contributed by atoms with E-state index < -0.39 is 5.78 Å². The van der Waals surface area contributed by atoms with Gasteiger partial charge in [0.25, 0.3) is 0 Å². The third-order valence-electron chi connectivity index (χ3n) is 3.12. The smallest absolute Gasteiger partial charge is 0.200 e. The van der Waals surface area contributed by atoms with Crippen molar-refractivity contribution in [1.82, 2.24) is 4.98 Å². The topological polar surface area (TPSA) is 86.3 Å². The number of hydrogen-bond acceptors (Lipinski definition) is 5. The van der Waals surface area contributed by atoms with E-state index in [1.807, 2.05) is 6.07 Å². The molecule has 1 aliphatic carbocycles. The number of aliphatic hydroxyl groups excluding tert-OH is 1. The van der Waals surface area contributed by atoms with Gasteiger partial charge in [-0.25, -0.2) is 4.99 Å². The second kappa shape index (κ2) is 5.02. The molecule has 0 saturated carbocycles. The molecule has 0 bridgehead atoms. The van der Waals surface area contributed by atoms with Crippen LogP contribution in [0.3, 0.4) is 0 Å². The van der Waals surface area contributed by atoms with Crippen LogP contribution >= 0.6 is 0 Å². The Morgan fingerprint density at radius 3 is 2.57 bits per heavy atom. The molecule has 0 saturated heterocycles. The molecule has 0 aliphatic heterocycles. The van der Waals surface area contributed by atoms with E-state index in [4.69, 9.17) is 0 Å². The second-order valence-corrected chi connectivity index (χ2v) is 4.38. The number of hydrogen-bond donors (Lipinski definition) is 1. The third-order valence-corrected chi connectivity index (χ3v) is 3.12. The summed E-state index contributed by atoms with van der Waals surface area (Å²) in [6.45, 7) is 0. The van der Waals surface area contributed by atoms with Gasteiger partial charge in [0.1, 0.15) is 17.4 Å².